The average Bonchev–Trinajstić information content (AvgIpc) is 3.23. The summed E-state index contributed by atoms with van der Waals surface area (Å²) in [5.74, 6) is -0.405. The second kappa shape index (κ2) is 6.38. The fraction of sp³-hybridized carbons (Fsp3) is 0.625. The van der Waals surface area contributed by atoms with E-state index in [1.807, 2.05) is 4.90 Å². The number of likely N-dealkylation sites (N-methyl/N-ethyl adjacent to an activating group) is 1. The lowest BCUT2D eigenvalue weighted by molar-refractivity contribution is 0.0654. The fourth-order valence-corrected chi connectivity index (χ4v) is 4.67. The van der Waals surface area contributed by atoms with Crippen LogP contribution in [0.25, 0.3) is 0 Å². The molecule has 3 heterocycles. The third-order valence-corrected chi connectivity index (χ3v) is 5.97. The first-order chi connectivity index (χ1) is 10.6. The van der Waals surface area contributed by atoms with Gasteiger partial charge in [0, 0.05) is 18.6 Å². The van der Waals surface area contributed by atoms with Crippen LogP contribution < -0.4 is 5.73 Å². The molecule has 0 aliphatic carbocycles. The molecule has 0 unspecified atom stereocenters. The molecule has 0 spiro atoms. The van der Waals surface area contributed by atoms with Crippen molar-refractivity contribution in [1.82, 2.24) is 9.80 Å². The third kappa shape index (κ3) is 2.77. The largest absolute Gasteiger partial charge is 0.365 e. The van der Waals surface area contributed by atoms with Gasteiger partial charge in [0.2, 0.25) is 0 Å². The highest BCUT2D eigenvalue weighted by atomic mass is 32.1. The Hall–Kier alpha value is -1.40. The van der Waals surface area contributed by atoms with Crippen LogP contribution in [0, 0.1) is 0 Å². The van der Waals surface area contributed by atoms with Crippen molar-refractivity contribution in [3.63, 3.8) is 0 Å². The number of hydrogen-bond donors (Lipinski definition) is 1. The number of carbonyl (C=O) groups is 2. The van der Waals surface area contributed by atoms with Crippen molar-refractivity contribution in [3.05, 3.63) is 21.9 Å². The zero-order valence-corrected chi connectivity index (χ0v) is 13.8. The van der Waals surface area contributed by atoms with Gasteiger partial charge in [0.15, 0.2) is 0 Å². The van der Waals surface area contributed by atoms with Crippen LogP contribution in [0.1, 0.15) is 52.0 Å². The summed E-state index contributed by atoms with van der Waals surface area (Å²) in [6.07, 6.45) is 4.56. The number of nitrogens with two attached hydrogens (primary N) is 1. The number of likely N-dealkylation sites (tertiary alicyclic amines) is 2. The van der Waals surface area contributed by atoms with Crippen molar-refractivity contribution in [2.24, 2.45) is 5.73 Å². The van der Waals surface area contributed by atoms with E-state index in [1.165, 1.54) is 24.2 Å². The van der Waals surface area contributed by atoms with Crippen LogP contribution in [-0.2, 0) is 0 Å². The highest BCUT2D eigenvalue weighted by Gasteiger charge is 2.39. The summed E-state index contributed by atoms with van der Waals surface area (Å²) in [6, 6.07) is 4.19. The van der Waals surface area contributed by atoms with Gasteiger partial charge in [0.05, 0.1) is 9.75 Å². The normalized spacial score (nSPS) is 25.8. The number of thiophene rings is 1. The molecule has 0 bridgehead atoms. The van der Waals surface area contributed by atoms with Crippen LogP contribution in [0.4, 0.5) is 0 Å². The van der Waals surface area contributed by atoms with Gasteiger partial charge in [-0.2, -0.15) is 0 Å². The van der Waals surface area contributed by atoms with E-state index in [2.05, 4.69) is 11.8 Å². The second-order valence-electron chi connectivity index (χ2n) is 6.07. The first kappa shape index (κ1) is 15.5. The van der Waals surface area contributed by atoms with Gasteiger partial charge in [-0.3, -0.25) is 14.5 Å². The van der Waals surface area contributed by atoms with E-state index in [0.29, 0.717) is 21.8 Å². The van der Waals surface area contributed by atoms with E-state index in [1.54, 1.807) is 12.1 Å². The summed E-state index contributed by atoms with van der Waals surface area (Å²) in [5.41, 5.74) is 5.28. The van der Waals surface area contributed by atoms with Gasteiger partial charge in [0.25, 0.3) is 11.8 Å². The molecule has 22 heavy (non-hydrogen) atoms. The number of amides is 2. The number of nitrogens with zero attached hydrogens (tertiary/aromatic N) is 2. The molecular weight excluding hydrogens is 298 g/mol. The predicted octanol–water partition coefficient (Wildman–Crippen LogP) is 1.94. The Bertz CT molecular complexity index is 571. The first-order valence-corrected chi connectivity index (χ1v) is 8.88. The van der Waals surface area contributed by atoms with Crippen molar-refractivity contribution in [3.8, 4) is 0 Å². The molecule has 2 aliphatic heterocycles. The van der Waals surface area contributed by atoms with Gasteiger partial charge in [-0.15, -0.1) is 11.3 Å². The van der Waals surface area contributed by atoms with Crippen molar-refractivity contribution in [2.75, 3.05) is 19.6 Å². The highest BCUT2D eigenvalue weighted by Crippen LogP contribution is 2.31. The summed E-state index contributed by atoms with van der Waals surface area (Å²) in [5, 5.41) is 0. The van der Waals surface area contributed by atoms with Crippen LogP contribution in [0.5, 0.6) is 0 Å². The minimum Gasteiger partial charge on any atom is -0.365 e. The van der Waals surface area contributed by atoms with Gasteiger partial charge in [0.1, 0.15) is 0 Å². The monoisotopic (exact) mass is 321 g/mol. The molecule has 2 amide bonds. The van der Waals surface area contributed by atoms with Gasteiger partial charge in [-0.25, -0.2) is 0 Å². The summed E-state index contributed by atoms with van der Waals surface area (Å²) in [7, 11) is 0. The van der Waals surface area contributed by atoms with E-state index >= 15 is 0 Å². The van der Waals surface area contributed by atoms with Gasteiger partial charge in [-0.05, 0) is 50.9 Å². The van der Waals surface area contributed by atoms with Crippen LogP contribution in [0.3, 0.4) is 0 Å². The van der Waals surface area contributed by atoms with Crippen LogP contribution >= 0.6 is 11.3 Å². The molecule has 5 nitrogen and oxygen atoms in total. The maximum atomic E-state index is 12.8. The molecule has 2 N–H and O–H groups in total. The number of primary amides is 1. The maximum Gasteiger partial charge on any atom is 0.264 e. The van der Waals surface area contributed by atoms with E-state index in [4.69, 9.17) is 5.73 Å². The minimum atomic E-state index is -0.463. The highest BCUT2D eigenvalue weighted by molar-refractivity contribution is 7.15. The number of hydrogen-bond acceptors (Lipinski definition) is 4. The molecule has 2 saturated heterocycles. The fourth-order valence-electron chi connectivity index (χ4n) is 3.85. The number of rotatable bonds is 4. The Morgan fingerprint density at radius 2 is 1.86 bits per heavy atom. The average molecular weight is 321 g/mol. The zero-order chi connectivity index (χ0) is 15.7. The van der Waals surface area contributed by atoms with Gasteiger partial charge in [-0.1, -0.05) is 6.92 Å². The van der Waals surface area contributed by atoms with Crippen molar-refractivity contribution < 1.29 is 9.59 Å². The molecule has 1 aromatic rings. The van der Waals surface area contributed by atoms with Gasteiger partial charge >= 0.3 is 0 Å². The van der Waals surface area contributed by atoms with Crippen LogP contribution in [0.15, 0.2) is 12.1 Å². The molecule has 0 saturated carbocycles. The van der Waals surface area contributed by atoms with E-state index < -0.39 is 5.91 Å². The summed E-state index contributed by atoms with van der Waals surface area (Å²) < 4.78 is 0. The van der Waals surface area contributed by atoms with Gasteiger partial charge < -0.3 is 10.6 Å². The summed E-state index contributed by atoms with van der Waals surface area (Å²) in [6.45, 7) is 5.21. The lowest BCUT2D eigenvalue weighted by Crippen LogP contribution is -2.48. The minimum absolute atomic E-state index is 0.0583. The van der Waals surface area contributed by atoms with E-state index in [-0.39, 0.29) is 5.91 Å². The Kier molecular flexibility index (Phi) is 4.49. The van der Waals surface area contributed by atoms with Crippen molar-refractivity contribution in [2.45, 2.75) is 44.7 Å². The molecular formula is C16H23N3O2S. The lowest BCUT2D eigenvalue weighted by atomic mass is 10.0. The molecule has 0 radical (unpaired) electrons. The van der Waals surface area contributed by atoms with Crippen LogP contribution in [0.2, 0.25) is 0 Å². The Morgan fingerprint density at radius 1 is 1.18 bits per heavy atom. The molecule has 2 aliphatic rings. The summed E-state index contributed by atoms with van der Waals surface area (Å²) >= 11 is 1.21. The summed E-state index contributed by atoms with van der Waals surface area (Å²) in [4.78, 5) is 29.6. The second-order valence-corrected chi connectivity index (χ2v) is 7.16. The SMILES string of the molecule is CCN1CCC[C@@H]1[C@H]1CCCN1C(=O)c1ccc(C(N)=O)s1. The lowest BCUT2D eigenvalue weighted by Gasteiger charge is -2.34. The number of carbonyl (C=O) groups excluding carboxylic acids is 2. The molecule has 120 valence electrons. The molecule has 3 rings (SSSR count). The topological polar surface area (TPSA) is 66.6 Å². The Labute approximate surface area is 135 Å². The molecule has 0 aromatic carbocycles. The molecule has 2 fully saturated rings. The van der Waals surface area contributed by atoms with E-state index in [0.717, 1.165) is 32.5 Å². The zero-order valence-electron chi connectivity index (χ0n) is 13.0. The Balaban J connectivity index is 1.77. The maximum absolute atomic E-state index is 12.8. The smallest absolute Gasteiger partial charge is 0.264 e. The Morgan fingerprint density at radius 3 is 2.55 bits per heavy atom. The molecule has 1 aromatic heterocycles. The van der Waals surface area contributed by atoms with Crippen molar-refractivity contribution in [1.29, 1.82) is 0 Å². The third-order valence-electron chi connectivity index (χ3n) is 4.88. The van der Waals surface area contributed by atoms with E-state index in [9.17, 15) is 9.59 Å². The molecule has 6 heteroatoms. The first-order valence-electron chi connectivity index (χ1n) is 8.06. The standard InChI is InChI=1S/C16H23N3O2S/c1-2-18-9-3-5-11(18)12-6-4-10-19(12)16(21)14-8-7-13(22-14)15(17)20/h7-8,11-12H,2-6,9-10H2,1H3,(H2,17,20)/t11-,12-/m1/s1. The van der Waals surface area contributed by atoms with Crippen molar-refractivity contribution >= 4 is 23.2 Å². The predicted molar refractivity (Wildman–Crippen MR) is 87.2 cm³/mol. The van der Waals surface area contributed by atoms with Crippen LogP contribution in [-0.4, -0.2) is 53.3 Å². The molecule has 2 atom stereocenters. The quantitative estimate of drug-likeness (QED) is 0.921.